The zero-order valence-electron chi connectivity index (χ0n) is 13.1. The van der Waals surface area contributed by atoms with E-state index in [9.17, 15) is 9.59 Å². The van der Waals surface area contributed by atoms with E-state index < -0.39 is 0 Å². The minimum Gasteiger partial charge on any atom is -0.360 e. The molecule has 0 aliphatic heterocycles. The molecular formula is C15H25N3O3. The molecule has 118 valence electrons. The zero-order chi connectivity index (χ0) is 15.7. The lowest BCUT2D eigenvalue weighted by Crippen LogP contribution is -2.37. The van der Waals surface area contributed by atoms with E-state index in [1.54, 1.807) is 17.9 Å². The molecule has 2 amide bonds. The first-order valence-corrected chi connectivity index (χ1v) is 7.57. The van der Waals surface area contributed by atoms with Crippen molar-refractivity contribution in [1.29, 1.82) is 0 Å². The Balaban J connectivity index is 2.37. The highest BCUT2D eigenvalue weighted by Gasteiger charge is 2.16. The van der Waals surface area contributed by atoms with Gasteiger partial charge in [-0.3, -0.25) is 9.59 Å². The number of anilines is 1. The number of carbonyl (C=O) groups is 2. The smallest absolute Gasteiger partial charge is 0.245 e. The molecule has 6 heteroatoms. The predicted octanol–water partition coefficient (Wildman–Crippen LogP) is 2.74. The van der Waals surface area contributed by atoms with Crippen LogP contribution in [0.5, 0.6) is 0 Å². The van der Waals surface area contributed by atoms with Gasteiger partial charge in [0.15, 0.2) is 5.82 Å². The molecular weight excluding hydrogens is 270 g/mol. The van der Waals surface area contributed by atoms with E-state index in [0.29, 0.717) is 24.5 Å². The van der Waals surface area contributed by atoms with Gasteiger partial charge in [0.1, 0.15) is 5.76 Å². The number of nitrogens with one attached hydrogen (secondary N) is 1. The largest absolute Gasteiger partial charge is 0.360 e. The van der Waals surface area contributed by atoms with E-state index in [4.69, 9.17) is 4.52 Å². The van der Waals surface area contributed by atoms with Gasteiger partial charge in [-0.05, 0) is 20.3 Å². The lowest BCUT2D eigenvalue weighted by molar-refractivity contribution is -0.134. The molecule has 0 saturated heterocycles. The van der Waals surface area contributed by atoms with Crippen molar-refractivity contribution >= 4 is 17.6 Å². The molecule has 0 atom stereocenters. The van der Waals surface area contributed by atoms with Gasteiger partial charge in [0.05, 0.1) is 6.54 Å². The molecule has 1 aromatic heterocycles. The molecule has 0 aliphatic rings. The average Bonchev–Trinajstić information content (AvgIpc) is 2.85. The van der Waals surface area contributed by atoms with E-state index in [1.807, 2.05) is 6.92 Å². The number of nitrogens with zero attached hydrogens (tertiary/aromatic N) is 2. The minimum absolute atomic E-state index is 0.0279. The van der Waals surface area contributed by atoms with E-state index in [2.05, 4.69) is 17.4 Å². The Morgan fingerprint density at radius 1 is 1.29 bits per heavy atom. The zero-order valence-corrected chi connectivity index (χ0v) is 13.1. The summed E-state index contributed by atoms with van der Waals surface area (Å²) in [5.41, 5.74) is 0. The number of hydrogen-bond acceptors (Lipinski definition) is 4. The lowest BCUT2D eigenvalue weighted by atomic mass is 10.1. The summed E-state index contributed by atoms with van der Waals surface area (Å²) in [7, 11) is 0. The Bertz CT molecular complexity index is 457. The molecule has 0 spiro atoms. The Morgan fingerprint density at radius 2 is 2.05 bits per heavy atom. The fourth-order valence-electron chi connectivity index (χ4n) is 2.02. The lowest BCUT2D eigenvalue weighted by Gasteiger charge is -2.20. The number of hydrogen-bond donors (Lipinski definition) is 1. The van der Waals surface area contributed by atoms with Crippen LogP contribution in [0.15, 0.2) is 10.6 Å². The molecule has 1 N–H and O–H groups in total. The average molecular weight is 295 g/mol. The van der Waals surface area contributed by atoms with Gasteiger partial charge in [0, 0.05) is 19.0 Å². The molecule has 1 heterocycles. The Hall–Kier alpha value is -1.85. The van der Waals surface area contributed by atoms with Crippen LogP contribution < -0.4 is 5.32 Å². The monoisotopic (exact) mass is 295 g/mol. The van der Waals surface area contributed by atoms with Crippen molar-refractivity contribution in [2.24, 2.45) is 0 Å². The van der Waals surface area contributed by atoms with Gasteiger partial charge in [0.25, 0.3) is 0 Å². The molecule has 0 radical (unpaired) electrons. The van der Waals surface area contributed by atoms with Crippen molar-refractivity contribution in [2.45, 2.75) is 52.9 Å². The summed E-state index contributed by atoms with van der Waals surface area (Å²) < 4.78 is 4.87. The quantitative estimate of drug-likeness (QED) is 0.711. The van der Waals surface area contributed by atoms with Gasteiger partial charge < -0.3 is 14.7 Å². The number of unbranched alkanes of at least 4 members (excludes halogenated alkanes) is 3. The third kappa shape index (κ3) is 6.42. The number of amides is 2. The number of aryl methyl sites for hydroxylation is 1. The maximum absolute atomic E-state index is 12.0. The van der Waals surface area contributed by atoms with Crippen LogP contribution in [0.4, 0.5) is 5.82 Å². The standard InChI is InChI=1S/C15H25N3O3/c1-4-6-7-8-9-15(20)18(5-2)11-14(19)16-13-10-12(3)21-17-13/h10H,4-9,11H2,1-3H3,(H,16,17,19). The van der Waals surface area contributed by atoms with Crippen molar-refractivity contribution in [3.63, 3.8) is 0 Å². The van der Waals surface area contributed by atoms with Crippen molar-refractivity contribution < 1.29 is 14.1 Å². The molecule has 0 aliphatic carbocycles. The van der Waals surface area contributed by atoms with Crippen LogP contribution in [0.25, 0.3) is 0 Å². The third-order valence-corrected chi connectivity index (χ3v) is 3.21. The normalized spacial score (nSPS) is 10.4. The molecule has 0 saturated carbocycles. The minimum atomic E-state index is -0.257. The van der Waals surface area contributed by atoms with E-state index in [0.717, 1.165) is 25.7 Å². The third-order valence-electron chi connectivity index (χ3n) is 3.21. The van der Waals surface area contributed by atoms with Gasteiger partial charge in [-0.15, -0.1) is 0 Å². The first kappa shape index (κ1) is 17.2. The van der Waals surface area contributed by atoms with Crippen molar-refractivity contribution in [2.75, 3.05) is 18.4 Å². The summed E-state index contributed by atoms with van der Waals surface area (Å²) in [6.45, 7) is 6.33. The van der Waals surface area contributed by atoms with Crippen LogP contribution in [0.3, 0.4) is 0 Å². The molecule has 1 rings (SSSR count). The Kier molecular flexibility index (Phi) is 7.50. The van der Waals surface area contributed by atoms with Crippen LogP contribution in [0.1, 0.15) is 51.7 Å². The highest BCUT2D eigenvalue weighted by atomic mass is 16.5. The van der Waals surface area contributed by atoms with Gasteiger partial charge in [-0.2, -0.15) is 0 Å². The van der Waals surface area contributed by atoms with Crippen LogP contribution in [-0.2, 0) is 9.59 Å². The van der Waals surface area contributed by atoms with Gasteiger partial charge in [0.2, 0.25) is 11.8 Å². The summed E-state index contributed by atoms with van der Waals surface area (Å²) in [5, 5.41) is 6.31. The molecule has 0 fully saturated rings. The highest BCUT2D eigenvalue weighted by Crippen LogP contribution is 2.08. The van der Waals surface area contributed by atoms with Gasteiger partial charge in [-0.25, -0.2) is 0 Å². The molecule has 1 aromatic rings. The molecule has 0 unspecified atom stereocenters. The summed E-state index contributed by atoms with van der Waals surface area (Å²) in [4.78, 5) is 25.5. The summed E-state index contributed by atoms with van der Waals surface area (Å²) in [5.74, 6) is 0.778. The van der Waals surface area contributed by atoms with E-state index in [-0.39, 0.29) is 18.4 Å². The topological polar surface area (TPSA) is 75.4 Å². The first-order valence-electron chi connectivity index (χ1n) is 7.57. The summed E-state index contributed by atoms with van der Waals surface area (Å²) in [6, 6.07) is 1.64. The Morgan fingerprint density at radius 3 is 2.62 bits per heavy atom. The van der Waals surface area contributed by atoms with Crippen LogP contribution >= 0.6 is 0 Å². The second kappa shape index (κ2) is 9.15. The van der Waals surface area contributed by atoms with Crippen LogP contribution in [0, 0.1) is 6.92 Å². The maximum Gasteiger partial charge on any atom is 0.245 e. The van der Waals surface area contributed by atoms with Crippen LogP contribution in [-0.4, -0.2) is 35.0 Å². The van der Waals surface area contributed by atoms with Crippen molar-refractivity contribution in [3.8, 4) is 0 Å². The van der Waals surface area contributed by atoms with Gasteiger partial charge in [-0.1, -0.05) is 31.3 Å². The van der Waals surface area contributed by atoms with Crippen molar-refractivity contribution in [1.82, 2.24) is 10.1 Å². The molecule has 0 aromatic carbocycles. The molecule has 21 heavy (non-hydrogen) atoms. The number of carbonyl (C=O) groups excluding carboxylic acids is 2. The fraction of sp³-hybridized carbons (Fsp3) is 0.667. The van der Waals surface area contributed by atoms with Crippen LogP contribution in [0.2, 0.25) is 0 Å². The van der Waals surface area contributed by atoms with Gasteiger partial charge >= 0.3 is 0 Å². The maximum atomic E-state index is 12.0. The second-order valence-corrected chi connectivity index (χ2v) is 5.09. The fourth-order valence-corrected chi connectivity index (χ4v) is 2.02. The van der Waals surface area contributed by atoms with E-state index in [1.165, 1.54) is 0 Å². The highest BCUT2D eigenvalue weighted by molar-refractivity contribution is 5.93. The molecule has 6 nitrogen and oxygen atoms in total. The van der Waals surface area contributed by atoms with E-state index >= 15 is 0 Å². The van der Waals surface area contributed by atoms with Crippen molar-refractivity contribution in [3.05, 3.63) is 11.8 Å². The SMILES string of the molecule is CCCCCCC(=O)N(CC)CC(=O)Nc1cc(C)on1. The predicted molar refractivity (Wildman–Crippen MR) is 80.9 cm³/mol. The number of aromatic nitrogens is 1. The summed E-state index contributed by atoms with van der Waals surface area (Å²) in [6.07, 6.45) is 4.73. The number of likely N-dealkylation sites (N-methyl/N-ethyl adjacent to an activating group) is 1. The Labute approximate surface area is 125 Å². The molecule has 0 bridgehead atoms. The summed E-state index contributed by atoms with van der Waals surface area (Å²) >= 11 is 0. The first-order chi connectivity index (χ1) is 10.1. The number of rotatable bonds is 9. The second-order valence-electron chi connectivity index (χ2n) is 5.09.